The number of halogens is 1. The highest BCUT2D eigenvalue weighted by atomic mass is 35.5. The summed E-state index contributed by atoms with van der Waals surface area (Å²) in [5.74, 6) is 1.60. The predicted octanol–water partition coefficient (Wildman–Crippen LogP) is 4.12. The van der Waals surface area contributed by atoms with Crippen molar-refractivity contribution in [3.8, 4) is 35.1 Å². The number of ether oxygens (including phenoxy) is 4. The molecule has 4 rings (SSSR count). The second-order valence-electron chi connectivity index (χ2n) is 5.97. The molecule has 9 heteroatoms. The highest BCUT2D eigenvalue weighted by molar-refractivity contribution is 6.34. The van der Waals surface area contributed by atoms with Crippen LogP contribution in [-0.4, -0.2) is 26.0 Å². The third kappa shape index (κ3) is 2.96. The van der Waals surface area contributed by atoms with Gasteiger partial charge in [0.2, 0.25) is 6.79 Å². The zero-order chi connectivity index (χ0) is 20.5. The van der Waals surface area contributed by atoms with Gasteiger partial charge in [-0.2, -0.15) is 10.5 Å². The summed E-state index contributed by atoms with van der Waals surface area (Å²) in [6.45, 7) is -0.0355. The molecule has 3 aromatic rings. The van der Waals surface area contributed by atoms with Crippen LogP contribution in [0.1, 0.15) is 11.1 Å². The normalized spacial score (nSPS) is 11.6. The van der Waals surface area contributed by atoms with E-state index in [0.29, 0.717) is 45.3 Å². The Bertz CT molecular complexity index is 1230. The number of methoxy groups -OCH3 is 2. The van der Waals surface area contributed by atoms with Crippen molar-refractivity contribution in [3.63, 3.8) is 0 Å². The van der Waals surface area contributed by atoms with E-state index in [4.69, 9.17) is 30.5 Å². The van der Waals surface area contributed by atoms with Crippen LogP contribution in [0.2, 0.25) is 5.02 Å². The van der Waals surface area contributed by atoms with Gasteiger partial charge >= 0.3 is 0 Å². The molecule has 0 atom stereocenters. The number of benzene rings is 2. The van der Waals surface area contributed by atoms with Gasteiger partial charge in [-0.3, -0.25) is 4.98 Å². The van der Waals surface area contributed by atoms with Crippen molar-refractivity contribution in [2.24, 2.45) is 0 Å². The van der Waals surface area contributed by atoms with Gasteiger partial charge in [-0.15, -0.1) is 0 Å². The number of hydrogen-bond donors (Lipinski definition) is 1. The number of pyridine rings is 1. The van der Waals surface area contributed by atoms with E-state index in [-0.39, 0.29) is 22.9 Å². The van der Waals surface area contributed by atoms with E-state index in [1.807, 2.05) is 6.07 Å². The van der Waals surface area contributed by atoms with Crippen molar-refractivity contribution in [3.05, 3.63) is 40.5 Å². The molecule has 1 aromatic heterocycles. The molecule has 1 aliphatic heterocycles. The van der Waals surface area contributed by atoms with E-state index >= 15 is 0 Å². The Balaban J connectivity index is 1.95. The number of nitrogens with zero attached hydrogens (tertiary/aromatic N) is 3. The molecule has 0 radical (unpaired) electrons. The number of nitrogens with one attached hydrogen (secondary N) is 1. The largest absolute Gasteiger partial charge is 0.493 e. The van der Waals surface area contributed by atoms with Crippen LogP contribution >= 0.6 is 11.6 Å². The molecule has 0 aliphatic carbocycles. The minimum atomic E-state index is -0.0355. The van der Waals surface area contributed by atoms with E-state index in [1.54, 1.807) is 12.1 Å². The van der Waals surface area contributed by atoms with Crippen molar-refractivity contribution in [2.45, 2.75) is 0 Å². The molecule has 2 heterocycles. The molecule has 0 unspecified atom stereocenters. The molecule has 1 N–H and O–H groups in total. The molecule has 0 saturated carbocycles. The molecule has 0 amide bonds. The summed E-state index contributed by atoms with van der Waals surface area (Å²) in [6, 6.07) is 9.07. The van der Waals surface area contributed by atoms with Gasteiger partial charge in [0, 0.05) is 17.6 Å². The summed E-state index contributed by atoms with van der Waals surface area (Å²) < 4.78 is 21.6. The monoisotopic (exact) mass is 408 g/mol. The lowest BCUT2D eigenvalue weighted by Crippen LogP contribution is -2.00. The fourth-order valence-electron chi connectivity index (χ4n) is 3.10. The zero-order valence-electron chi connectivity index (χ0n) is 15.4. The second kappa shape index (κ2) is 7.27. The first-order chi connectivity index (χ1) is 14.1. The van der Waals surface area contributed by atoms with Crippen LogP contribution in [0.5, 0.6) is 23.0 Å². The number of nitriles is 2. The Labute approximate surface area is 170 Å². The fourth-order valence-corrected chi connectivity index (χ4v) is 3.34. The highest BCUT2D eigenvalue weighted by Crippen LogP contribution is 2.48. The molecule has 0 bridgehead atoms. The first-order valence-electron chi connectivity index (χ1n) is 8.35. The van der Waals surface area contributed by atoms with Gasteiger partial charge in [0.25, 0.3) is 0 Å². The van der Waals surface area contributed by atoms with Crippen LogP contribution in [0.15, 0.2) is 24.4 Å². The van der Waals surface area contributed by atoms with Crippen LogP contribution in [-0.2, 0) is 0 Å². The summed E-state index contributed by atoms with van der Waals surface area (Å²) in [6.07, 6.45) is 1.45. The van der Waals surface area contributed by atoms with Gasteiger partial charge < -0.3 is 24.3 Å². The third-order valence-electron chi connectivity index (χ3n) is 4.46. The van der Waals surface area contributed by atoms with Crippen LogP contribution in [0, 0.1) is 22.7 Å². The van der Waals surface area contributed by atoms with Gasteiger partial charge in [0.1, 0.15) is 17.8 Å². The minimum Gasteiger partial charge on any atom is -0.493 e. The van der Waals surface area contributed by atoms with Crippen LogP contribution in [0.25, 0.3) is 10.9 Å². The highest BCUT2D eigenvalue weighted by Gasteiger charge is 2.26. The maximum absolute atomic E-state index is 9.61. The molecule has 0 saturated heterocycles. The standard InChI is InChI=1S/C20H13ClN4O4/c1-26-15-4-12-14(5-16(15)27-2)24-8-11(7-23)17(12)25-18-13(21)3-10(6-22)19-20(18)29-9-28-19/h3-5,8H,9H2,1-2H3,(H,24,25). The second-order valence-corrected chi connectivity index (χ2v) is 6.37. The number of rotatable bonds is 4. The van der Waals surface area contributed by atoms with Gasteiger partial charge in [-0.05, 0) is 12.1 Å². The van der Waals surface area contributed by atoms with Crippen molar-refractivity contribution >= 4 is 33.9 Å². The third-order valence-corrected chi connectivity index (χ3v) is 4.76. The van der Waals surface area contributed by atoms with E-state index in [9.17, 15) is 10.5 Å². The van der Waals surface area contributed by atoms with Crippen LogP contribution < -0.4 is 24.3 Å². The lowest BCUT2D eigenvalue weighted by Gasteiger charge is -2.16. The molecule has 0 spiro atoms. The Morgan fingerprint density at radius 2 is 1.69 bits per heavy atom. The van der Waals surface area contributed by atoms with Crippen molar-refractivity contribution in [2.75, 3.05) is 26.3 Å². The first-order valence-corrected chi connectivity index (χ1v) is 8.73. The maximum atomic E-state index is 9.61. The maximum Gasteiger partial charge on any atom is 0.231 e. The summed E-state index contributed by atoms with van der Waals surface area (Å²) in [4.78, 5) is 4.33. The van der Waals surface area contributed by atoms with Gasteiger partial charge in [-0.25, -0.2) is 0 Å². The Kier molecular flexibility index (Phi) is 4.63. The predicted molar refractivity (Wildman–Crippen MR) is 105 cm³/mol. The average molecular weight is 409 g/mol. The lowest BCUT2D eigenvalue weighted by atomic mass is 10.1. The van der Waals surface area contributed by atoms with Gasteiger partial charge in [0.05, 0.1) is 41.6 Å². The Morgan fingerprint density at radius 3 is 2.38 bits per heavy atom. The number of anilines is 2. The molecule has 2 aromatic carbocycles. The first kappa shape index (κ1) is 18.5. The number of fused-ring (bicyclic) bond motifs is 2. The molecule has 8 nitrogen and oxygen atoms in total. The Hall–Kier alpha value is -3.88. The van der Waals surface area contributed by atoms with Crippen LogP contribution in [0.3, 0.4) is 0 Å². The smallest absolute Gasteiger partial charge is 0.231 e. The van der Waals surface area contributed by atoms with Crippen molar-refractivity contribution < 1.29 is 18.9 Å². The van der Waals surface area contributed by atoms with E-state index in [2.05, 4.69) is 16.4 Å². The van der Waals surface area contributed by atoms with Crippen LogP contribution in [0.4, 0.5) is 11.4 Å². The summed E-state index contributed by atoms with van der Waals surface area (Å²) in [7, 11) is 3.05. The van der Waals surface area contributed by atoms with E-state index in [0.717, 1.165) is 0 Å². The SMILES string of the molecule is COc1cc2ncc(C#N)c(Nc3c(Cl)cc(C#N)c4c3OCO4)c2cc1OC. The molecule has 0 fully saturated rings. The topological polar surface area (TPSA) is 109 Å². The average Bonchev–Trinajstić information content (AvgIpc) is 3.24. The van der Waals surface area contributed by atoms with E-state index in [1.165, 1.54) is 26.5 Å². The fraction of sp³-hybridized carbons (Fsp3) is 0.150. The summed E-state index contributed by atoms with van der Waals surface area (Å²) in [5, 5.41) is 22.9. The minimum absolute atomic E-state index is 0.0355. The lowest BCUT2D eigenvalue weighted by molar-refractivity contribution is 0.174. The van der Waals surface area contributed by atoms with Gasteiger partial charge in [-0.1, -0.05) is 11.6 Å². The van der Waals surface area contributed by atoms with E-state index < -0.39 is 0 Å². The zero-order valence-corrected chi connectivity index (χ0v) is 16.1. The van der Waals surface area contributed by atoms with Crippen molar-refractivity contribution in [1.29, 1.82) is 10.5 Å². The van der Waals surface area contributed by atoms with Gasteiger partial charge in [0.15, 0.2) is 23.0 Å². The number of hydrogen-bond acceptors (Lipinski definition) is 8. The Morgan fingerprint density at radius 1 is 1.00 bits per heavy atom. The molecular weight excluding hydrogens is 396 g/mol. The quantitative estimate of drug-likeness (QED) is 0.686. The molecule has 29 heavy (non-hydrogen) atoms. The molecular formula is C20H13ClN4O4. The molecule has 144 valence electrons. The summed E-state index contributed by atoms with van der Waals surface area (Å²) >= 11 is 6.40. The number of aromatic nitrogens is 1. The summed E-state index contributed by atoms with van der Waals surface area (Å²) in [5.41, 5.74) is 1.99. The van der Waals surface area contributed by atoms with Crippen molar-refractivity contribution in [1.82, 2.24) is 4.98 Å². The molecule has 1 aliphatic rings.